The monoisotopic (exact) mass is 285 g/mol. The van der Waals surface area contributed by atoms with Crippen molar-refractivity contribution in [3.05, 3.63) is 0 Å². The van der Waals surface area contributed by atoms with Crippen LogP contribution in [0.1, 0.15) is 58.3 Å². The molecule has 0 radical (unpaired) electrons. The second kappa shape index (κ2) is 9.35. The summed E-state index contributed by atoms with van der Waals surface area (Å²) in [6.45, 7) is 3.39. The number of hydrogen-bond donors (Lipinski definition) is 1. The maximum absolute atomic E-state index is 12.0. The second-order valence-electron chi connectivity index (χ2n) is 5.81. The van der Waals surface area contributed by atoms with Crippen LogP contribution in [-0.2, 0) is 14.3 Å². The molecular formula is C16H31NO3. The summed E-state index contributed by atoms with van der Waals surface area (Å²) in [6.07, 6.45) is 9.67. The summed E-state index contributed by atoms with van der Waals surface area (Å²) < 4.78 is 10.7. The number of carbonyl (C=O) groups is 1. The molecule has 4 nitrogen and oxygen atoms in total. The average Bonchev–Trinajstić information content (AvgIpc) is 3.30. The van der Waals surface area contributed by atoms with E-state index in [0.717, 1.165) is 25.9 Å². The van der Waals surface area contributed by atoms with Crippen LogP contribution in [0.15, 0.2) is 0 Å². The summed E-state index contributed by atoms with van der Waals surface area (Å²) in [5, 5.41) is 3.15. The van der Waals surface area contributed by atoms with Gasteiger partial charge >= 0.3 is 5.97 Å². The van der Waals surface area contributed by atoms with Crippen molar-refractivity contribution in [1.82, 2.24) is 5.32 Å². The highest BCUT2D eigenvalue weighted by atomic mass is 16.5. The minimum Gasteiger partial charge on any atom is -0.468 e. The van der Waals surface area contributed by atoms with Gasteiger partial charge in [-0.1, -0.05) is 39.0 Å². The number of nitrogens with one attached hydrogen (secondary N) is 1. The Labute approximate surface area is 123 Å². The molecule has 0 aromatic carbocycles. The maximum Gasteiger partial charge on any atom is 0.328 e. The van der Waals surface area contributed by atoms with Gasteiger partial charge in [-0.2, -0.15) is 0 Å². The molecule has 0 amide bonds. The normalized spacial score (nSPS) is 17.8. The Hall–Kier alpha value is -0.610. The first kappa shape index (κ1) is 17.4. The summed E-state index contributed by atoms with van der Waals surface area (Å²) in [5.41, 5.74) is -0.628. The second-order valence-corrected chi connectivity index (χ2v) is 5.81. The van der Waals surface area contributed by atoms with Gasteiger partial charge in [0.05, 0.1) is 13.7 Å². The number of ether oxygens (including phenoxy) is 2. The number of likely N-dealkylation sites (N-methyl/N-ethyl adjacent to an activating group) is 1. The molecule has 4 heteroatoms. The van der Waals surface area contributed by atoms with Crippen molar-refractivity contribution < 1.29 is 14.3 Å². The quantitative estimate of drug-likeness (QED) is 0.442. The van der Waals surface area contributed by atoms with E-state index < -0.39 is 5.54 Å². The molecule has 0 saturated heterocycles. The van der Waals surface area contributed by atoms with Gasteiger partial charge in [-0.3, -0.25) is 0 Å². The van der Waals surface area contributed by atoms with Crippen molar-refractivity contribution in [3.8, 4) is 0 Å². The van der Waals surface area contributed by atoms with Crippen LogP contribution in [0.2, 0.25) is 0 Å². The smallest absolute Gasteiger partial charge is 0.328 e. The lowest BCUT2D eigenvalue weighted by molar-refractivity contribution is -0.152. The summed E-state index contributed by atoms with van der Waals surface area (Å²) >= 11 is 0. The number of esters is 1. The fraction of sp³-hybridized carbons (Fsp3) is 0.938. The van der Waals surface area contributed by atoms with Crippen molar-refractivity contribution in [3.63, 3.8) is 0 Å². The van der Waals surface area contributed by atoms with Gasteiger partial charge in [0.25, 0.3) is 0 Å². The van der Waals surface area contributed by atoms with E-state index in [4.69, 9.17) is 9.47 Å². The molecule has 20 heavy (non-hydrogen) atoms. The third kappa shape index (κ3) is 5.06. The summed E-state index contributed by atoms with van der Waals surface area (Å²) in [5.74, 6) is 0.176. The molecule has 1 aliphatic rings. The molecule has 0 aliphatic heterocycles. The standard InChI is InChI=1S/C16H31NO3/c1-4-5-6-7-8-9-12-20-13-16(17-2,14-10-11-14)15(18)19-3/h14,17H,4-13H2,1-3H3. The Morgan fingerprint density at radius 3 is 2.40 bits per heavy atom. The van der Waals surface area contributed by atoms with Gasteiger partial charge in [-0.05, 0) is 32.2 Å². The minimum atomic E-state index is -0.628. The van der Waals surface area contributed by atoms with Crippen molar-refractivity contribution in [1.29, 1.82) is 0 Å². The largest absolute Gasteiger partial charge is 0.468 e. The lowest BCUT2D eigenvalue weighted by Crippen LogP contribution is -2.56. The Morgan fingerprint density at radius 2 is 1.85 bits per heavy atom. The Morgan fingerprint density at radius 1 is 1.20 bits per heavy atom. The highest BCUT2D eigenvalue weighted by molar-refractivity contribution is 5.82. The molecule has 1 unspecified atom stereocenters. The topological polar surface area (TPSA) is 47.6 Å². The molecule has 1 fully saturated rings. The molecule has 0 spiro atoms. The summed E-state index contributed by atoms with van der Waals surface area (Å²) in [6, 6.07) is 0. The molecule has 0 aromatic rings. The zero-order valence-electron chi connectivity index (χ0n) is 13.4. The van der Waals surface area contributed by atoms with E-state index in [1.54, 1.807) is 0 Å². The van der Waals surface area contributed by atoms with Gasteiger partial charge in [-0.15, -0.1) is 0 Å². The number of carbonyl (C=O) groups excluding carboxylic acids is 1. The fourth-order valence-electron chi connectivity index (χ4n) is 2.70. The number of hydrogen-bond acceptors (Lipinski definition) is 4. The van der Waals surface area contributed by atoms with E-state index in [9.17, 15) is 4.79 Å². The number of unbranched alkanes of at least 4 members (excludes halogenated alkanes) is 5. The van der Waals surface area contributed by atoms with Gasteiger partial charge in [0.1, 0.15) is 5.54 Å². The van der Waals surface area contributed by atoms with Crippen molar-refractivity contribution in [2.24, 2.45) is 5.92 Å². The van der Waals surface area contributed by atoms with E-state index in [-0.39, 0.29) is 5.97 Å². The van der Waals surface area contributed by atoms with Gasteiger partial charge in [0.2, 0.25) is 0 Å². The van der Waals surface area contributed by atoms with Crippen LogP contribution < -0.4 is 5.32 Å². The first-order valence-corrected chi connectivity index (χ1v) is 8.06. The Bertz CT molecular complexity index is 279. The van der Waals surface area contributed by atoms with E-state index >= 15 is 0 Å². The first-order valence-electron chi connectivity index (χ1n) is 8.06. The molecule has 1 N–H and O–H groups in total. The third-order valence-corrected chi connectivity index (χ3v) is 4.24. The first-order chi connectivity index (χ1) is 9.71. The third-order valence-electron chi connectivity index (χ3n) is 4.24. The zero-order chi connectivity index (χ0) is 14.8. The summed E-state index contributed by atoms with van der Waals surface area (Å²) in [4.78, 5) is 12.0. The lowest BCUT2D eigenvalue weighted by Gasteiger charge is -2.30. The molecule has 0 aromatic heterocycles. The lowest BCUT2D eigenvalue weighted by atomic mass is 9.94. The molecule has 1 atom stereocenters. The van der Waals surface area contributed by atoms with Crippen LogP contribution in [0.25, 0.3) is 0 Å². The predicted octanol–water partition coefficient (Wildman–Crippen LogP) is 2.90. The van der Waals surface area contributed by atoms with Crippen LogP contribution in [0.4, 0.5) is 0 Å². The molecule has 1 rings (SSSR count). The van der Waals surface area contributed by atoms with Gasteiger partial charge in [0.15, 0.2) is 0 Å². The highest BCUT2D eigenvalue weighted by Crippen LogP contribution is 2.40. The molecule has 118 valence electrons. The van der Waals surface area contributed by atoms with Crippen LogP contribution >= 0.6 is 0 Å². The maximum atomic E-state index is 12.0. The van der Waals surface area contributed by atoms with E-state index in [0.29, 0.717) is 12.5 Å². The number of methoxy groups -OCH3 is 1. The summed E-state index contributed by atoms with van der Waals surface area (Å²) in [7, 11) is 3.27. The minimum absolute atomic E-state index is 0.189. The van der Waals surface area contributed by atoms with Gasteiger partial charge in [0, 0.05) is 6.61 Å². The van der Waals surface area contributed by atoms with Crippen LogP contribution in [0.5, 0.6) is 0 Å². The SMILES string of the molecule is CCCCCCCCOCC(NC)(C(=O)OC)C1CC1. The van der Waals surface area contributed by atoms with E-state index in [2.05, 4.69) is 12.2 Å². The molecule has 0 bridgehead atoms. The highest BCUT2D eigenvalue weighted by Gasteiger charge is 2.51. The molecule has 0 heterocycles. The van der Waals surface area contributed by atoms with E-state index in [1.807, 2.05) is 7.05 Å². The predicted molar refractivity (Wildman–Crippen MR) is 80.7 cm³/mol. The van der Waals surface area contributed by atoms with Gasteiger partial charge in [-0.25, -0.2) is 4.79 Å². The van der Waals surface area contributed by atoms with Crippen molar-refractivity contribution >= 4 is 5.97 Å². The zero-order valence-corrected chi connectivity index (χ0v) is 13.4. The molecule has 1 saturated carbocycles. The fourth-order valence-corrected chi connectivity index (χ4v) is 2.70. The van der Waals surface area contributed by atoms with Gasteiger partial charge < -0.3 is 14.8 Å². The Kier molecular flexibility index (Phi) is 8.15. The Balaban J connectivity index is 2.21. The molecular weight excluding hydrogens is 254 g/mol. The van der Waals surface area contributed by atoms with Crippen LogP contribution in [-0.4, -0.2) is 38.9 Å². The molecule has 1 aliphatic carbocycles. The average molecular weight is 285 g/mol. The van der Waals surface area contributed by atoms with Crippen LogP contribution in [0.3, 0.4) is 0 Å². The van der Waals surface area contributed by atoms with Crippen LogP contribution in [0, 0.1) is 5.92 Å². The van der Waals surface area contributed by atoms with Crippen molar-refractivity contribution in [2.75, 3.05) is 27.4 Å². The van der Waals surface area contributed by atoms with Crippen molar-refractivity contribution in [2.45, 2.75) is 63.8 Å². The number of rotatable bonds is 12. The van der Waals surface area contributed by atoms with E-state index in [1.165, 1.54) is 39.2 Å².